The zero-order valence-corrected chi connectivity index (χ0v) is 8.72. The van der Waals surface area contributed by atoms with Crippen LogP contribution in [0.15, 0.2) is 30.7 Å². The molecule has 2 heterocycles. The minimum atomic E-state index is 0.624. The minimum Gasteiger partial charge on any atom is -0.337 e. The van der Waals surface area contributed by atoms with Crippen LogP contribution in [0.2, 0.25) is 0 Å². The Labute approximate surface area is 88.8 Å². The maximum absolute atomic E-state index is 5.57. The molecule has 2 rings (SSSR count). The summed E-state index contributed by atoms with van der Waals surface area (Å²) in [5.41, 5.74) is 8.55. The summed E-state index contributed by atoms with van der Waals surface area (Å²) >= 11 is 0. The summed E-state index contributed by atoms with van der Waals surface area (Å²) in [5.74, 6) is 0. The topological polar surface area (TPSA) is 56.7 Å². The molecule has 0 atom stereocenters. The highest BCUT2D eigenvalue weighted by molar-refractivity contribution is 5.57. The zero-order chi connectivity index (χ0) is 10.7. The fourth-order valence-electron chi connectivity index (χ4n) is 1.60. The lowest BCUT2D eigenvalue weighted by molar-refractivity contribution is 0.805. The second kappa shape index (κ2) is 4.23. The molecule has 2 N–H and O–H groups in total. The van der Waals surface area contributed by atoms with Crippen molar-refractivity contribution in [3.05, 3.63) is 36.4 Å². The van der Waals surface area contributed by atoms with Crippen LogP contribution in [0.4, 0.5) is 0 Å². The van der Waals surface area contributed by atoms with Crippen LogP contribution >= 0.6 is 0 Å². The third kappa shape index (κ3) is 1.89. The molecule has 0 aliphatic heterocycles. The first kappa shape index (κ1) is 9.86. The van der Waals surface area contributed by atoms with Crippen molar-refractivity contribution in [2.75, 3.05) is 6.54 Å². The van der Waals surface area contributed by atoms with Gasteiger partial charge in [0.2, 0.25) is 0 Å². The largest absolute Gasteiger partial charge is 0.337 e. The molecule has 4 heteroatoms. The summed E-state index contributed by atoms with van der Waals surface area (Å²) in [4.78, 5) is 8.64. The Balaban J connectivity index is 2.44. The molecule has 0 radical (unpaired) electrons. The molecule has 0 saturated carbocycles. The molecule has 78 valence electrons. The highest BCUT2D eigenvalue weighted by Gasteiger charge is 2.10. The van der Waals surface area contributed by atoms with Gasteiger partial charge in [0.1, 0.15) is 5.69 Å². The summed E-state index contributed by atoms with van der Waals surface area (Å²) in [6.45, 7) is 0.624. The van der Waals surface area contributed by atoms with E-state index in [1.54, 1.807) is 12.5 Å². The maximum atomic E-state index is 5.57. The molecule has 2 aromatic rings. The van der Waals surface area contributed by atoms with E-state index in [9.17, 15) is 0 Å². The van der Waals surface area contributed by atoms with Gasteiger partial charge in [-0.2, -0.15) is 0 Å². The van der Waals surface area contributed by atoms with E-state index in [1.165, 1.54) is 0 Å². The Hall–Kier alpha value is -1.68. The number of hydrogen-bond donors (Lipinski definition) is 1. The van der Waals surface area contributed by atoms with Crippen LogP contribution in [0, 0.1) is 0 Å². The summed E-state index contributed by atoms with van der Waals surface area (Å²) < 4.78 is 2.00. The summed E-state index contributed by atoms with van der Waals surface area (Å²) in [7, 11) is 1.98. The molecule has 0 spiro atoms. The van der Waals surface area contributed by atoms with Crippen molar-refractivity contribution in [2.45, 2.75) is 6.42 Å². The van der Waals surface area contributed by atoms with Crippen LogP contribution in [0.25, 0.3) is 11.4 Å². The molecule has 0 bridgehead atoms. The lowest BCUT2D eigenvalue weighted by Gasteiger charge is -2.03. The molecule has 0 aliphatic rings. The fraction of sp³-hybridized carbons (Fsp3) is 0.273. The molecule has 0 aliphatic carbocycles. The molecule has 0 saturated heterocycles. The normalized spacial score (nSPS) is 10.5. The molecular formula is C11H14N4. The van der Waals surface area contributed by atoms with Crippen molar-refractivity contribution in [3.8, 4) is 11.4 Å². The molecule has 0 amide bonds. The van der Waals surface area contributed by atoms with E-state index in [4.69, 9.17) is 5.73 Å². The van der Waals surface area contributed by atoms with E-state index in [-0.39, 0.29) is 0 Å². The first-order chi connectivity index (χ1) is 7.33. The monoisotopic (exact) mass is 202 g/mol. The Morgan fingerprint density at radius 3 is 2.87 bits per heavy atom. The van der Waals surface area contributed by atoms with Gasteiger partial charge in [-0.3, -0.25) is 4.98 Å². The lowest BCUT2D eigenvalue weighted by atomic mass is 10.2. The van der Waals surface area contributed by atoms with Crippen molar-refractivity contribution >= 4 is 0 Å². The third-order valence-electron chi connectivity index (χ3n) is 2.35. The number of hydrogen-bond acceptors (Lipinski definition) is 3. The average Bonchev–Trinajstić information content (AvgIpc) is 2.63. The van der Waals surface area contributed by atoms with Gasteiger partial charge in [-0.15, -0.1) is 0 Å². The van der Waals surface area contributed by atoms with Crippen LogP contribution < -0.4 is 5.73 Å². The molecule has 0 fully saturated rings. The number of aryl methyl sites for hydroxylation is 1. The summed E-state index contributed by atoms with van der Waals surface area (Å²) in [6, 6.07) is 5.82. The standard InChI is InChI=1S/C11H14N4/c1-15-8-14-11(10(15)5-6-12)9-4-2-3-7-13-9/h2-4,7-8H,5-6,12H2,1H3. The Bertz CT molecular complexity index is 433. The summed E-state index contributed by atoms with van der Waals surface area (Å²) in [6.07, 6.45) is 4.40. The lowest BCUT2D eigenvalue weighted by Crippen LogP contribution is -2.07. The highest BCUT2D eigenvalue weighted by atomic mass is 15.0. The number of nitrogens with zero attached hydrogens (tertiary/aromatic N) is 3. The van der Waals surface area contributed by atoms with E-state index in [0.29, 0.717) is 6.54 Å². The van der Waals surface area contributed by atoms with Crippen LogP contribution in [-0.4, -0.2) is 21.1 Å². The minimum absolute atomic E-state index is 0.624. The Morgan fingerprint density at radius 2 is 2.20 bits per heavy atom. The van der Waals surface area contributed by atoms with Crippen LogP contribution in [0.1, 0.15) is 5.69 Å². The van der Waals surface area contributed by atoms with Gasteiger partial charge in [-0.1, -0.05) is 6.07 Å². The maximum Gasteiger partial charge on any atom is 0.110 e. The van der Waals surface area contributed by atoms with Gasteiger partial charge in [-0.25, -0.2) is 4.98 Å². The van der Waals surface area contributed by atoms with E-state index < -0.39 is 0 Å². The zero-order valence-electron chi connectivity index (χ0n) is 8.72. The predicted molar refractivity (Wildman–Crippen MR) is 59.2 cm³/mol. The number of rotatable bonds is 3. The quantitative estimate of drug-likeness (QED) is 0.807. The molecule has 4 nitrogen and oxygen atoms in total. The van der Waals surface area contributed by atoms with E-state index >= 15 is 0 Å². The van der Waals surface area contributed by atoms with Gasteiger partial charge in [0.25, 0.3) is 0 Å². The molecule has 15 heavy (non-hydrogen) atoms. The second-order valence-corrected chi connectivity index (χ2v) is 3.40. The predicted octanol–water partition coefficient (Wildman–Crippen LogP) is 0.983. The van der Waals surface area contributed by atoms with Crippen molar-refractivity contribution in [3.63, 3.8) is 0 Å². The van der Waals surface area contributed by atoms with E-state index in [1.807, 2.05) is 29.8 Å². The van der Waals surface area contributed by atoms with Crippen LogP contribution in [0.5, 0.6) is 0 Å². The smallest absolute Gasteiger partial charge is 0.110 e. The first-order valence-corrected chi connectivity index (χ1v) is 4.94. The molecule has 2 aromatic heterocycles. The van der Waals surface area contributed by atoms with Crippen molar-refractivity contribution in [2.24, 2.45) is 12.8 Å². The highest BCUT2D eigenvalue weighted by Crippen LogP contribution is 2.19. The number of nitrogens with two attached hydrogens (primary N) is 1. The average molecular weight is 202 g/mol. The van der Waals surface area contributed by atoms with Crippen LogP contribution in [0.3, 0.4) is 0 Å². The summed E-state index contributed by atoms with van der Waals surface area (Å²) in [5, 5.41) is 0. The van der Waals surface area contributed by atoms with Gasteiger partial charge in [-0.05, 0) is 18.7 Å². The number of pyridine rings is 1. The van der Waals surface area contributed by atoms with Gasteiger partial charge in [0.15, 0.2) is 0 Å². The molecular weight excluding hydrogens is 188 g/mol. The van der Waals surface area contributed by atoms with E-state index in [0.717, 1.165) is 23.5 Å². The van der Waals surface area contributed by atoms with Gasteiger partial charge >= 0.3 is 0 Å². The Morgan fingerprint density at radius 1 is 1.33 bits per heavy atom. The van der Waals surface area contributed by atoms with Crippen molar-refractivity contribution in [1.82, 2.24) is 14.5 Å². The Kier molecular flexibility index (Phi) is 2.78. The van der Waals surface area contributed by atoms with Crippen molar-refractivity contribution < 1.29 is 0 Å². The van der Waals surface area contributed by atoms with Gasteiger partial charge < -0.3 is 10.3 Å². The van der Waals surface area contributed by atoms with Gasteiger partial charge in [0, 0.05) is 25.4 Å². The van der Waals surface area contributed by atoms with Crippen LogP contribution in [-0.2, 0) is 13.5 Å². The van der Waals surface area contributed by atoms with E-state index in [2.05, 4.69) is 9.97 Å². The van der Waals surface area contributed by atoms with Gasteiger partial charge in [0.05, 0.1) is 12.0 Å². The van der Waals surface area contributed by atoms with Crippen molar-refractivity contribution in [1.29, 1.82) is 0 Å². The second-order valence-electron chi connectivity index (χ2n) is 3.40. The SMILES string of the molecule is Cn1cnc(-c2ccccn2)c1CCN. The molecule has 0 unspecified atom stereocenters. The fourth-order valence-corrected chi connectivity index (χ4v) is 1.60. The third-order valence-corrected chi connectivity index (χ3v) is 2.35. The number of aromatic nitrogens is 3. The molecule has 0 aromatic carbocycles. The number of imidazole rings is 1. The first-order valence-electron chi connectivity index (χ1n) is 4.94.